The number of likely N-dealkylation sites (tertiary alicyclic amines) is 1. The van der Waals surface area contributed by atoms with Gasteiger partial charge >= 0.3 is 5.97 Å². The van der Waals surface area contributed by atoms with Gasteiger partial charge in [0.1, 0.15) is 0 Å². The number of rotatable bonds is 4. The second-order valence-corrected chi connectivity index (χ2v) is 6.38. The van der Waals surface area contributed by atoms with Crippen LogP contribution in [0.1, 0.15) is 12.8 Å². The lowest BCUT2D eigenvalue weighted by atomic mass is 9.97. The molecule has 1 aliphatic rings. The van der Waals surface area contributed by atoms with Crippen molar-refractivity contribution in [2.45, 2.75) is 12.8 Å². The predicted octanol–water partition coefficient (Wildman–Crippen LogP) is 2.11. The summed E-state index contributed by atoms with van der Waals surface area (Å²) in [6.07, 6.45) is 1.51. The number of carbonyl (C=O) groups excluding carboxylic acids is 2. The first kappa shape index (κ1) is 16.2. The van der Waals surface area contributed by atoms with Crippen LogP contribution in [0, 0.1) is 9.49 Å². The van der Waals surface area contributed by atoms with E-state index >= 15 is 0 Å². The van der Waals surface area contributed by atoms with Crippen molar-refractivity contribution in [2.75, 3.05) is 32.1 Å². The maximum absolute atomic E-state index is 12.0. The molecule has 6 heteroatoms. The number of hydrogen-bond acceptors (Lipinski definition) is 4. The van der Waals surface area contributed by atoms with Gasteiger partial charge in [0.05, 0.1) is 19.6 Å². The van der Waals surface area contributed by atoms with E-state index in [0.29, 0.717) is 6.54 Å². The van der Waals surface area contributed by atoms with Crippen molar-refractivity contribution in [3.63, 3.8) is 0 Å². The summed E-state index contributed by atoms with van der Waals surface area (Å²) in [4.78, 5) is 25.5. The van der Waals surface area contributed by atoms with Crippen LogP contribution < -0.4 is 5.32 Å². The van der Waals surface area contributed by atoms with Crippen LogP contribution in [-0.2, 0) is 14.3 Å². The average Bonchev–Trinajstić information content (AvgIpc) is 2.47. The van der Waals surface area contributed by atoms with Crippen LogP contribution in [0.15, 0.2) is 24.3 Å². The first-order valence-corrected chi connectivity index (χ1v) is 8.02. The van der Waals surface area contributed by atoms with E-state index in [4.69, 9.17) is 4.74 Å². The molecule has 1 saturated heterocycles. The number of piperidine rings is 1. The Bertz CT molecular complexity index is 513. The van der Waals surface area contributed by atoms with Gasteiger partial charge in [-0.1, -0.05) is 6.07 Å². The summed E-state index contributed by atoms with van der Waals surface area (Å²) >= 11 is 2.21. The van der Waals surface area contributed by atoms with Crippen LogP contribution in [0.5, 0.6) is 0 Å². The van der Waals surface area contributed by atoms with Crippen LogP contribution >= 0.6 is 22.6 Å². The summed E-state index contributed by atoms with van der Waals surface area (Å²) < 4.78 is 5.85. The largest absolute Gasteiger partial charge is 0.469 e. The lowest BCUT2D eigenvalue weighted by Gasteiger charge is -2.29. The zero-order chi connectivity index (χ0) is 15.2. The van der Waals surface area contributed by atoms with Crippen molar-refractivity contribution in [1.29, 1.82) is 0 Å². The number of nitrogens with zero attached hydrogens (tertiary/aromatic N) is 1. The van der Waals surface area contributed by atoms with E-state index in [-0.39, 0.29) is 17.8 Å². The van der Waals surface area contributed by atoms with E-state index in [2.05, 4.69) is 32.8 Å². The molecule has 2 rings (SSSR count). The quantitative estimate of drug-likeness (QED) is 0.619. The van der Waals surface area contributed by atoms with Crippen LogP contribution in [0.2, 0.25) is 0 Å². The maximum atomic E-state index is 12.0. The fourth-order valence-electron chi connectivity index (χ4n) is 2.46. The summed E-state index contributed by atoms with van der Waals surface area (Å²) in [7, 11) is 1.42. The van der Waals surface area contributed by atoms with E-state index < -0.39 is 0 Å². The summed E-state index contributed by atoms with van der Waals surface area (Å²) in [6.45, 7) is 1.86. The fourth-order valence-corrected chi connectivity index (χ4v) is 3.01. The molecule has 0 aromatic heterocycles. The van der Waals surface area contributed by atoms with Gasteiger partial charge in [-0.25, -0.2) is 0 Å². The number of benzene rings is 1. The molecular weight excluding hydrogens is 383 g/mol. The molecule has 0 radical (unpaired) electrons. The minimum atomic E-state index is -0.141. The molecule has 0 aliphatic carbocycles. The third-order valence-electron chi connectivity index (χ3n) is 3.60. The Kier molecular flexibility index (Phi) is 5.98. The van der Waals surface area contributed by atoms with E-state index in [0.717, 1.165) is 35.2 Å². The number of methoxy groups -OCH3 is 1. The smallest absolute Gasteiger partial charge is 0.308 e. The Morgan fingerprint density at radius 2 is 2.10 bits per heavy atom. The van der Waals surface area contributed by atoms with Crippen molar-refractivity contribution in [3.8, 4) is 0 Å². The molecule has 114 valence electrons. The van der Waals surface area contributed by atoms with E-state index in [9.17, 15) is 9.59 Å². The Labute approximate surface area is 138 Å². The third kappa shape index (κ3) is 4.96. The van der Waals surface area contributed by atoms with Gasteiger partial charge in [0, 0.05) is 9.26 Å². The van der Waals surface area contributed by atoms with Crippen molar-refractivity contribution in [2.24, 2.45) is 5.92 Å². The number of amides is 1. The zero-order valence-corrected chi connectivity index (χ0v) is 14.1. The minimum Gasteiger partial charge on any atom is -0.469 e. The van der Waals surface area contributed by atoms with Crippen molar-refractivity contribution in [1.82, 2.24) is 4.90 Å². The summed E-state index contributed by atoms with van der Waals surface area (Å²) in [5.74, 6) is -0.184. The minimum absolute atomic E-state index is 0.0199. The molecule has 0 saturated carbocycles. The van der Waals surface area contributed by atoms with Gasteiger partial charge in [-0.2, -0.15) is 0 Å². The van der Waals surface area contributed by atoms with Gasteiger partial charge in [-0.05, 0) is 66.7 Å². The number of carbonyl (C=O) groups is 2. The normalized spacial score (nSPS) is 16.5. The lowest BCUT2D eigenvalue weighted by Crippen LogP contribution is -2.41. The van der Waals surface area contributed by atoms with Gasteiger partial charge in [0.2, 0.25) is 5.91 Å². The summed E-state index contributed by atoms with van der Waals surface area (Å²) in [5, 5.41) is 2.90. The molecule has 1 heterocycles. The van der Waals surface area contributed by atoms with E-state index in [1.165, 1.54) is 7.11 Å². The predicted molar refractivity (Wildman–Crippen MR) is 89.0 cm³/mol. The zero-order valence-electron chi connectivity index (χ0n) is 12.0. The summed E-state index contributed by atoms with van der Waals surface area (Å²) in [6, 6.07) is 7.71. The van der Waals surface area contributed by atoms with Crippen LogP contribution in [0.3, 0.4) is 0 Å². The van der Waals surface area contributed by atoms with Gasteiger partial charge in [-0.3, -0.25) is 14.5 Å². The van der Waals surface area contributed by atoms with Crippen LogP contribution in [0.25, 0.3) is 0 Å². The Balaban J connectivity index is 1.78. The first-order valence-electron chi connectivity index (χ1n) is 6.94. The molecule has 0 spiro atoms. The molecule has 1 aromatic carbocycles. The number of halogens is 1. The molecular formula is C15H19IN2O3. The van der Waals surface area contributed by atoms with Crippen LogP contribution in [0.4, 0.5) is 5.69 Å². The molecule has 1 aliphatic heterocycles. The van der Waals surface area contributed by atoms with Gasteiger partial charge < -0.3 is 10.1 Å². The van der Waals surface area contributed by atoms with Crippen molar-refractivity contribution >= 4 is 40.2 Å². The van der Waals surface area contributed by atoms with Gasteiger partial charge in [0.25, 0.3) is 0 Å². The molecule has 0 atom stereocenters. The highest BCUT2D eigenvalue weighted by Crippen LogP contribution is 2.18. The first-order chi connectivity index (χ1) is 10.1. The Morgan fingerprint density at radius 1 is 1.38 bits per heavy atom. The average molecular weight is 402 g/mol. The molecule has 0 bridgehead atoms. The second-order valence-electron chi connectivity index (χ2n) is 5.13. The number of hydrogen-bond donors (Lipinski definition) is 1. The Hall–Kier alpha value is -1.15. The number of anilines is 1. The SMILES string of the molecule is COC(=O)C1CCN(CC(=O)Nc2cccc(I)c2)CC1. The van der Waals surface area contributed by atoms with E-state index in [1.807, 2.05) is 24.3 Å². The molecule has 1 N–H and O–H groups in total. The van der Waals surface area contributed by atoms with Crippen LogP contribution in [-0.4, -0.2) is 43.5 Å². The number of esters is 1. The summed E-state index contributed by atoms with van der Waals surface area (Å²) in [5.41, 5.74) is 0.816. The molecule has 21 heavy (non-hydrogen) atoms. The van der Waals surface area contributed by atoms with Gasteiger partial charge in [-0.15, -0.1) is 0 Å². The molecule has 1 aromatic rings. The topological polar surface area (TPSA) is 58.6 Å². The lowest BCUT2D eigenvalue weighted by molar-refractivity contribution is -0.147. The van der Waals surface area contributed by atoms with E-state index in [1.54, 1.807) is 0 Å². The molecule has 1 amide bonds. The molecule has 1 fully saturated rings. The standard InChI is InChI=1S/C15H19IN2O3/c1-21-15(20)11-5-7-18(8-6-11)10-14(19)17-13-4-2-3-12(16)9-13/h2-4,9,11H,5-8,10H2,1H3,(H,17,19). The number of ether oxygens (including phenoxy) is 1. The van der Waals surface area contributed by atoms with Crippen molar-refractivity contribution in [3.05, 3.63) is 27.8 Å². The third-order valence-corrected chi connectivity index (χ3v) is 4.27. The second kappa shape index (κ2) is 7.74. The highest BCUT2D eigenvalue weighted by Gasteiger charge is 2.26. The Morgan fingerprint density at radius 3 is 2.71 bits per heavy atom. The molecule has 5 nitrogen and oxygen atoms in total. The number of nitrogens with one attached hydrogen (secondary N) is 1. The molecule has 0 unspecified atom stereocenters. The highest BCUT2D eigenvalue weighted by molar-refractivity contribution is 14.1. The van der Waals surface area contributed by atoms with Gasteiger partial charge in [0.15, 0.2) is 0 Å². The highest BCUT2D eigenvalue weighted by atomic mass is 127. The fraction of sp³-hybridized carbons (Fsp3) is 0.467. The maximum Gasteiger partial charge on any atom is 0.308 e. The van der Waals surface area contributed by atoms with Crippen molar-refractivity contribution < 1.29 is 14.3 Å². The monoisotopic (exact) mass is 402 g/mol.